The number of fused-ring (bicyclic) bond motifs is 1. The number of thiophene rings is 2. The molecule has 0 aliphatic heterocycles. The van der Waals surface area contributed by atoms with Crippen molar-refractivity contribution in [3.8, 4) is 0 Å². The van der Waals surface area contributed by atoms with Gasteiger partial charge in [0.05, 0.1) is 11.1 Å². The summed E-state index contributed by atoms with van der Waals surface area (Å²) in [7, 11) is 0. The Balaban J connectivity index is 1.95. The molecule has 0 saturated carbocycles. The Morgan fingerprint density at radius 1 is 1.20 bits per heavy atom. The molecule has 25 heavy (non-hydrogen) atoms. The predicted molar refractivity (Wildman–Crippen MR) is 108 cm³/mol. The maximum Gasteiger partial charge on any atom is 0.263 e. The third-order valence-corrected chi connectivity index (χ3v) is 7.29. The Morgan fingerprint density at radius 3 is 2.52 bits per heavy atom. The minimum Gasteiger partial charge on any atom is -0.293 e. The maximum atomic E-state index is 12.8. The number of nitrogens with zero attached hydrogens (tertiary/aromatic N) is 2. The highest BCUT2D eigenvalue weighted by Gasteiger charge is 2.18. The maximum absolute atomic E-state index is 12.8. The van der Waals surface area contributed by atoms with E-state index < -0.39 is 0 Å². The minimum atomic E-state index is -0.00754. The Labute approximate surface area is 158 Å². The molecule has 4 nitrogen and oxygen atoms in total. The third-order valence-electron chi connectivity index (χ3n) is 4.24. The molecule has 0 saturated heterocycles. The second-order valence-corrected chi connectivity index (χ2v) is 9.55. The summed E-state index contributed by atoms with van der Waals surface area (Å²) in [4.78, 5) is 34.1. The van der Waals surface area contributed by atoms with Crippen LogP contribution in [-0.2, 0) is 6.54 Å². The van der Waals surface area contributed by atoms with Gasteiger partial charge in [-0.15, -0.1) is 22.7 Å². The molecule has 3 rings (SSSR count). The highest BCUT2D eigenvalue weighted by Crippen LogP contribution is 2.29. The molecule has 3 heterocycles. The van der Waals surface area contributed by atoms with Crippen LogP contribution in [0.1, 0.15) is 37.5 Å². The van der Waals surface area contributed by atoms with Crippen molar-refractivity contribution in [2.45, 2.75) is 46.3 Å². The lowest BCUT2D eigenvalue weighted by molar-refractivity contribution is 0.102. The molecule has 0 aliphatic carbocycles. The number of carbonyl (C=O) groups is 1. The minimum absolute atomic E-state index is 0.00754. The van der Waals surface area contributed by atoms with Crippen molar-refractivity contribution in [1.29, 1.82) is 0 Å². The lowest BCUT2D eigenvalue weighted by Crippen LogP contribution is -2.22. The summed E-state index contributed by atoms with van der Waals surface area (Å²) in [6.45, 7) is 10.4. The fourth-order valence-corrected chi connectivity index (χ4v) is 5.77. The lowest BCUT2D eigenvalue weighted by atomic mass is 10.2. The Hall–Kier alpha value is -1.44. The van der Waals surface area contributed by atoms with Crippen LogP contribution in [0.25, 0.3) is 10.2 Å². The molecule has 0 amide bonds. The van der Waals surface area contributed by atoms with Crippen molar-refractivity contribution >= 4 is 50.4 Å². The zero-order valence-electron chi connectivity index (χ0n) is 14.9. The van der Waals surface area contributed by atoms with Crippen LogP contribution in [0, 0.1) is 27.7 Å². The van der Waals surface area contributed by atoms with Gasteiger partial charge in [-0.3, -0.25) is 14.2 Å². The fraction of sp³-hybridized carbons (Fsp3) is 0.389. The van der Waals surface area contributed by atoms with Gasteiger partial charge in [-0.25, -0.2) is 4.98 Å². The first kappa shape index (κ1) is 18.4. The largest absolute Gasteiger partial charge is 0.293 e. The number of carbonyl (C=O) groups excluding carboxylic acids is 1. The van der Waals surface area contributed by atoms with Gasteiger partial charge in [-0.2, -0.15) is 0 Å². The Kier molecular flexibility index (Phi) is 5.18. The van der Waals surface area contributed by atoms with Crippen LogP contribution >= 0.6 is 34.4 Å². The Morgan fingerprint density at radius 2 is 1.92 bits per heavy atom. The second kappa shape index (κ2) is 7.05. The summed E-state index contributed by atoms with van der Waals surface area (Å²) < 4.78 is 1.67. The number of hydrogen-bond acceptors (Lipinski definition) is 6. The zero-order chi connectivity index (χ0) is 18.3. The monoisotopic (exact) mass is 392 g/mol. The number of hydrogen-bond donors (Lipinski definition) is 0. The first-order valence-electron chi connectivity index (χ1n) is 8.07. The Bertz CT molecular complexity index is 1030. The van der Waals surface area contributed by atoms with Crippen LogP contribution in [0.2, 0.25) is 0 Å². The van der Waals surface area contributed by atoms with Crippen molar-refractivity contribution in [3.05, 3.63) is 42.2 Å². The van der Waals surface area contributed by atoms with Crippen molar-refractivity contribution in [3.63, 3.8) is 0 Å². The van der Waals surface area contributed by atoms with E-state index in [9.17, 15) is 9.59 Å². The van der Waals surface area contributed by atoms with Crippen LogP contribution < -0.4 is 5.56 Å². The molecule has 132 valence electrons. The molecule has 0 bridgehead atoms. The number of rotatable bonds is 5. The van der Waals surface area contributed by atoms with Gasteiger partial charge in [0, 0.05) is 26.7 Å². The standard InChI is InChI=1S/C18H20N2O2S3/c1-6-20-17(22)15-10(3)11(4)25-16(15)19-18(20)23-8-14(21)13-7-9(2)24-12(13)5/h7H,6,8H2,1-5H3. The summed E-state index contributed by atoms with van der Waals surface area (Å²) in [5.74, 6) is 0.376. The summed E-state index contributed by atoms with van der Waals surface area (Å²) in [5.41, 5.74) is 1.79. The van der Waals surface area contributed by atoms with Crippen LogP contribution in [0.5, 0.6) is 0 Å². The molecule has 0 fully saturated rings. The van der Waals surface area contributed by atoms with Crippen LogP contribution in [0.3, 0.4) is 0 Å². The number of aromatic nitrogens is 2. The predicted octanol–water partition coefficient (Wildman–Crippen LogP) is 4.75. The summed E-state index contributed by atoms with van der Waals surface area (Å²) >= 11 is 4.53. The van der Waals surface area contributed by atoms with E-state index in [1.165, 1.54) is 11.8 Å². The number of thioether (sulfide) groups is 1. The van der Waals surface area contributed by atoms with Crippen LogP contribution in [0.4, 0.5) is 0 Å². The highest BCUT2D eigenvalue weighted by atomic mass is 32.2. The van der Waals surface area contributed by atoms with E-state index in [-0.39, 0.29) is 17.1 Å². The van der Waals surface area contributed by atoms with E-state index in [2.05, 4.69) is 4.98 Å². The van der Waals surface area contributed by atoms with Gasteiger partial charge in [-0.05, 0) is 46.2 Å². The molecule has 0 aliphatic rings. The summed E-state index contributed by atoms with van der Waals surface area (Å²) in [5, 5.41) is 1.34. The third kappa shape index (κ3) is 3.32. The molecule has 0 radical (unpaired) electrons. The number of ketones is 1. The second-order valence-electron chi connectivity index (χ2n) is 5.95. The smallest absolute Gasteiger partial charge is 0.263 e. The van der Waals surface area contributed by atoms with Crippen molar-refractivity contribution in [2.24, 2.45) is 0 Å². The molecule has 7 heteroatoms. The number of aryl methyl sites for hydroxylation is 4. The lowest BCUT2D eigenvalue weighted by Gasteiger charge is -2.09. The number of Topliss-reactive ketones (excluding diaryl/α,β-unsaturated/α-hetero) is 1. The average Bonchev–Trinajstić information content (AvgIpc) is 3.04. The van der Waals surface area contributed by atoms with Gasteiger partial charge in [0.1, 0.15) is 4.83 Å². The van der Waals surface area contributed by atoms with Crippen molar-refractivity contribution in [2.75, 3.05) is 5.75 Å². The summed E-state index contributed by atoms with van der Waals surface area (Å²) in [6.07, 6.45) is 0. The average molecular weight is 393 g/mol. The van der Waals surface area contributed by atoms with E-state index in [4.69, 9.17) is 0 Å². The molecule has 0 unspecified atom stereocenters. The van der Waals surface area contributed by atoms with Gasteiger partial charge in [-0.1, -0.05) is 11.8 Å². The molecule has 3 aromatic heterocycles. The molecular formula is C18H20N2O2S3. The van der Waals surface area contributed by atoms with E-state index >= 15 is 0 Å². The van der Waals surface area contributed by atoms with Crippen molar-refractivity contribution in [1.82, 2.24) is 9.55 Å². The summed E-state index contributed by atoms with van der Waals surface area (Å²) in [6, 6.07) is 1.94. The first-order valence-corrected chi connectivity index (χ1v) is 10.7. The van der Waals surface area contributed by atoms with Crippen molar-refractivity contribution < 1.29 is 4.79 Å². The van der Waals surface area contributed by atoms with Gasteiger partial charge >= 0.3 is 0 Å². The van der Waals surface area contributed by atoms with E-state index in [1.54, 1.807) is 27.2 Å². The molecule has 0 N–H and O–H groups in total. The molecular weight excluding hydrogens is 372 g/mol. The van der Waals surface area contributed by atoms with E-state index in [0.29, 0.717) is 17.1 Å². The van der Waals surface area contributed by atoms with Crippen LogP contribution in [-0.4, -0.2) is 21.1 Å². The molecule has 0 atom stereocenters. The molecule has 0 aromatic carbocycles. The molecule has 3 aromatic rings. The van der Waals surface area contributed by atoms with Gasteiger partial charge in [0.25, 0.3) is 5.56 Å². The van der Waals surface area contributed by atoms with Gasteiger partial charge < -0.3 is 0 Å². The quantitative estimate of drug-likeness (QED) is 0.357. The SMILES string of the molecule is CCn1c(SCC(=O)c2cc(C)sc2C)nc2sc(C)c(C)c2c1=O. The van der Waals surface area contributed by atoms with Gasteiger partial charge in [0.15, 0.2) is 10.9 Å². The topological polar surface area (TPSA) is 52.0 Å². The first-order chi connectivity index (χ1) is 11.8. The molecule has 0 spiro atoms. The van der Waals surface area contributed by atoms with E-state index in [0.717, 1.165) is 30.6 Å². The fourth-order valence-electron chi connectivity index (χ4n) is 2.81. The zero-order valence-corrected chi connectivity index (χ0v) is 17.4. The normalized spacial score (nSPS) is 11.4. The van der Waals surface area contributed by atoms with Gasteiger partial charge in [0.2, 0.25) is 0 Å². The van der Waals surface area contributed by atoms with E-state index in [1.807, 2.05) is 40.7 Å². The highest BCUT2D eigenvalue weighted by molar-refractivity contribution is 7.99. The van der Waals surface area contributed by atoms with Crippen LogP contribution in [0.15, 0.2) is 16.0 Å².